The summed E-state index contributed by atoms with van der Waals surface area (Å²) in [5, 5.41) is 20.3. The summed E-state index contributed by atoms with van der Waals surface area (Å²) < 4.78 is 1.06. The number of nitrogens with one attached hydrogen (secondary N) is 2. The number of hydrogen-bond donors (Lipinski definition) is 3. The van der Waals surface area contributed by atoms with Gasteiger partial charge in [-0.05, 0) is 11.4 Å². The number of nitrogens with zero attached hydrogens (tertiary/aromatic N) is 3. The smallest absolute Gasteiger partial charge is 0.330 e. The second-order valence-corrected chi connectivity index (χ2v) is 10.6. The zero-order valence-electron chi connectivity index (χ0n) is 16.8. The highest BCUT2D eigenvalue weighted by molar-refractivity contribution is 8.00. The van der Waals surface area contributed by atoms with E-state index in [-0.39, 0.29) is 46.8 Å². The second-order valence-electron chi connectivity index (χ2n) is 7.54. The Morgan fingerprint density at radius 3 is 2.88 bits per heavy atom. The monoisotopic (exact) mass is 497 g/mol. The molecule has 2 fully saturated rings. The van der Waals surface area contributed by atoms with Gasteiger partial charge in [-0.3, -0.25) is 28.5 Å². The summed E-state index contributed by atoms with van der Waals surface area (Å²) in [6, 6.07) is 3.03. The van der Waals surface area contributed by atoms with Crippen LogP contribution in [-0.2, 0) is 27.9 Å². The van der Waals surface area contributed by atoms with Crippen LogP contribution >= 0.6 is 34.9 Å². The van der Waals surface area contributed by atoms with Gasteiger partial charge in [0.05, 0.1) is 6.42 Å². The molecule has 4 heterocycles. The summed E-state index contributed by atoms with van der Waals surface area (Å²) in [5.41, 5.74) is -2.91. The van der Waals surface area contributed by atoms with Crippen molar-refractivity contribution in [2.24, 2.45) is 12.5 Å². The fourth-order valence-electron chi connectivity index (χ4n) is 3.49. The quantitative estimate of drug-likeness (QED) is 0.257. The van der Waals surface area contributed by atoms with E-state index in [4.69, 9.17) is 0 Å². The SMILES string of the molecule is Cn1c(SCC2(C(=O)O)CS[C@@H]3C(NC(=O)Cc4cccs4)C(=O)N3C2)n[nH]c(=O)c1=O. The number of carbonyl (C=O) groups is 3. The number of carboxylic acids is 1. The standard InChI is InChI=1S/C18H19N5O6S3/c1-22-14(27)12(25)20-21-17(22)32-8-18(16(28)29)6-23-13(26)11(15(23)31-7-18)19-10(24)5-9-3-2-4-30-9/h2-4,11,15H,5-8H2,1H3,(H,19,24)(H,20,25)(H,28,29)/t11?,15-,18?/m1/s1. The number of H-pyrrole nitrogens is 1. The van der Waals surface area contributed by atoms with Crippen LogP contribution in [0.1, 0.15) is 4.88 Å². The summed E-state index contributed by atoms with van der Waals surface area (Å²) in [5.74, 6) is -1.36. The van der Waals surface area contributed by atoms with Crippen LogP contribution in [0.3, 0.4) is 0 Å². The highest BCUT2D eigenvalue weighted by atomic mass is 32.2. The first kappa shape index (κ1) is 22.6. The first-order valence-electron chi connectivity index (χ1n) is 9.47. The number of fused-ring (bicyclic) bond motifs is 1. The Morgan fingerprint density at radius 1 is 1.41 bits per heavy atom. The van der Waals surface area contributed by atoms with Crippen molar-refractivity contribution in [2.75, 3.05) is 18.1 Å². The summed E-state index contributed by atoms with van der Waals surface area (Å²) in [6.45, 7) is -0.0135. The highest BCUT2D eigenvalue weighted by Crippen LogP contribution is 2.44. The third-order valence-corrected chi connectivity index (χ3v) is 9.13. The molecular weight excluding hydrogens is 478 g/mol. The van der Waals surface area contributed by atoms with Gasteiger partial charge >= 0.3 is 17.1 Å². The van der Waals surface area contributed by atoms with Crippen molar-refractivity contribution in [3.8, 4) is 0 Å². The lowest BCUT2D eigenvalue weighted by molar-refractivity contribution is -0.157. The maximum absolute atomic E-state index is 12.7. The number of aromatic nitrogens is 3. The lowest BCUT2D eigenvalue weighted by Crippen LogP contribution is -2.74. The normalized spacial score (nSPS) is 24.5. The maximum Gasteiger partial charge on any atom is 0.330 e. The van der Waals surface area contributed by atoms with Crippen LogP contribution in [0.4, 0.5) is 0 Å². The maximum atomic E-state index is 12.7. The molecule has 2 amide bonds. The van der Waals surface area contributed by atoms with Crippen molar-refractivity contribution in [1.29, 1.82) is 0 Å². The lowest BCUT2D eigenvalue weighted by Gasteiger charge is -2.53. The molecular formula is C18H19N5O6S3. The Balaban J connectivity index is 1.41. The van der Waals surface area contributed by atoms with E-state index in [2.05, 4.69) is 15.5 Å². The summed E-state index contributed by atoms with van der Waals surface area (Å²) in [4.78, 5) is 62.6. The average molecular weight is 498 g/mol. The number of aliphatic carboxylic acids is 1. The van der Waals surface area contributed by atoms with Crippen LogP contribution in [0.2, 0.25) is 0 Å². The van der Waals surface area contributed by atoms with Gasteiger partial charge in [0, 0.05) is 30.0 Å². The number of amides is 2. The number of carboxylic acid groups (broad SMARTS) is 1. The Bertz CT molecular complexity index is 1180. The van der Waals surface area contributed by atoms with Gasteiger partial charge in [0.1, 0.15) is 16.8 Å². The fraction of sp³-hybridized carbons (Fsp3) is 0.444. The molecule has 11 nitrogen and oxygen atoms in total. The number of hydrogen-bond acceptors (Lipinski definition) is 9. The molecule has 3 N–H and O–H groups in total. The van der Waals surface area contributed by atoms with E-state index in [1.54, 1.807) is 0 Å². The summed E-state index contributed by atoms with van der Waals surface area (Å²) >= 11 is 3.80. The van der Waals surface area contributed by atoms with Gasteiger partial charge in [-0.25, -0.2) is 5.10 Å². The Morgan fingerprint density at radius 2 is 2.19 bits per heavy atom. The van der Waals surface area contributed by atoms with Crippen LogP contribution in [0.25, 0.3) is 0 Å². The molecule has 2 unspecified atom stereocenters. The van der Waals surface area contributed by atoms with Crippen molar-refractivity contribution in [1.82, 2.24) is 25.0 Å². The van der Waals surface area contributed by atoms with E-state index < -0.39 is 28.5 Å². The van der Waals surface area contributed by atoms with Gasteiger partial charge in [-0.15, -0.1) is 28.2 Å². The molecule has 3 atom stereocenters. The van der Waals surface area contributed by atoms with Gasteiger partial charge in [-0.2, -0.15) is 0 Å². The average Bonchev–Trinajstić information content (AvgIpc) is 3.28. The number of β-lactam (4-membered cyclic amide) rings is 1. The Kier molecular flexibility index (Phi) is 6.18. The molecule has 170 valence electrons. The fourth-order valence-corrected chi connectivity index (χ4v) is 6.98. The van der Waals surface area contributed by atoms with E-state index in [1.165, 1.54) is 35.0 Å². The van der Waals surface area contributed by atoms with Crippen molar-refractivity contribution in [3.63, 3.8) is 0 Å². The van der Waals surface area contributed by atoms with Crippen LogP contribution in [0, 0.1) is 5.41 Å². The molecule has 0 saturated carbocycles. The van der Waals surface area contributed by atoms with Gasteiger partial charge in [0.2, 0.25) is 11.8 Å². The largest absolute Gasteiger partial charge is 0.481 e. The molecule has 32 heavy (non-hydrogen) atoms. The van der Waals surface area contributed by atoms with Gasteiger partial charge in [0.15, 0.2) is 5.16 Å². The first-order chi connectivity index (χ1) is 15.2. The minimum Gasteiger partial charge on any atom is -0.481 e. The molecule has 0 spiro atoms. The van der Waals surface area contributed by atoms with Crippen molar-refractivity contribution in [2.45, 2.75) is 23.0 Å². The molecule has 2 saturated heterocycles. The zero-order valence-corrected chi connectivity index (χ0v) is 19.2. The number of aromatic amines is 1. The van der Waals surface area contributed by atoms with Crippen LogP contribution in [0.15, 0.2) is 32.3 Å². The third kappa shape index (κ3) is 4.09. The molecule has 2 aliphatic heterocycles. The number of rotatable bonds is 7. The van der Waals surface area contributed by atoms with E-state index in [0.29, 0.717) is 0 Å². The topological polar surface area (TPSA) is 154 Å². The molecule has 14 heteroatoms. The first-order valence-corrected chi connectivity index (χ1v) is 12.4. The predicted octanol–water partition coefficient (Wildman–Crippen LogP) is -0.664. The molecule has 0 radical (unpaired) electrons. The molecule has 0 aliphatic carbocycles. The molecule has 2 aromatic heterocycles. The van der Waals surface area contributed by atoms with E-state index in [9.17, 15) is 29.1 Å². The Labute approximate surface area is 193 Å². The zero-order chi connectivity index (χ0) is 23.0. The number of thiophene rings is 1. The van der Waals surface area contributed by atoms with E-state index in [1.807, 2.05) is 17.5 Å². The molecule has 0 aromatic carbocycles. The van der Waals surface area contributed by atoms with Crippen molar-refractivity contribution in [3.05, 3.63) is 43.1 Å². The minimum atomic E-state index is -1.26. The summed E-state index contributed by atoms with van der Waals surface area (Å²) in [6.07, 6.45) is 0.194. The van der Waals surface area contributed by atoms with Crippen molar-refractivity contribution >= 4 is 52.6 Å². The van der Waals surface area contributed by atoms with Crippen LogP contribution in [0.5, 0.6) is 0 Å². The van der Waals surface area contributed by atoms with Gasteiger partial charge in [-0.1, -0.05) is 17.8 Å². The molecule has 4 rings (SSSR count). The third-order valence-electron chi connectivity index (χ3n) is 5.35. The van der Waals surface area contributed by atoms with Crippen LogP contribution < -0.4 is 16.4 Å². The number of thioether (sulfide) groups is 2. The summed E-state index contributed by atoms with van der Waals surface area (Å²) in [7, 11) is 1.38. The molecule has 2 aromatic rings. The number of carbonyl (C=O) groups excluding carboxylic acids is 2. The Hall–Kier alpha value is -2.58. The molecule has 2 aliphatic rings. The van der Waals surface area contributed by atoms with Crippen LogP contribution in [-0.4, -0.2) is 72.0 Å². The highest BCUT2D eigenvalue weighted by Gasteiger charge is 2.57. The van der Waals surface area contributed by atoms with E-state index in [0.717, 1.165) is 21.2 Å². The predicted molar refractivity (Wildman–Crippen MR) is 119 cm³/mol. The van der Waals surface area contributed by atoms with E-state index >= 15 is 0 Å². The molecule has 0 bridgehead atoms. The van der Waals surface area contributed by atoms with Gasteiger partial charge < -0.3 is 15.3 Å². The minimum absolute atomic E-state index is 0.0135. The van der Waals surface area contributed by atoms with Crippen molar-refractivity contribution < 1.29 is 19.5 Å². The lowest BCUT2D eigenvalue weighted by atomic mass is 9.89. The van der Waals surface area contributed by atoms with Gasteiger partial charge in [0.25, 0.3) is 0 Å². The second kappa shape index (κ2) is 8.75.